The number of nitrogens with zero attached hydrogens (tertiary/aromatic N) is 3. The maximum absolute atomic E-state index is 11.9. The van der Waals surface area contributed by atoms with Gasteiger partial charge in [-0.2, -0.15) is 0 Å². The molecule has 8 nitrogen and oxygen atoms in total. The summed E-state index contributed by atoms with van der Waals surface area (Å²) < 4.78 is 6.38. The zero-order valence-electron chi connectivity index (χ0n) is 12.0. The predicted molar refractivity (Wildman–Crippen MR) is 82.2 cm³/mol. The number of anilines is 1. The van der Waals surface area contributed by atoms with E-state index >= 15 is 0 Å². The van der Waals surface area contributed by atoms with Gasteiger partial charge in [-0.1, -0.05) is 30.3 Å². The molecule has 0 atom stereocenters. The van der Waals surface area contributed by atoms with Crippen molar-refractivity contribution < 1.29 is 9.53 Å². The van der Waals surface area contributed by atoms with Crippen LogP contribution in [0.4, 0.5) is 10.6 Å². The van der Waals surface area contributed by atoms with E-state index in [1.807, 2.05) is 30.3 Å². The van der Waals surface area contributed by atoms with Crippen LogP contribution in [0.15, 0.2) is 59.7 Å². The first-order valence-corrected chi connectivity index (χ1v) is 6.79. The fourth-order valence-electron chi connectivity index (χ4n) is 1.91. The molecule has 0 saturated carbocycles. The molecule has 23 heavy (non-hydrogen) atoms. The van der Waals surface area contributed by atoms with Crippen molar-refractivity contribution in [1.29, 1.82) is 0 Å². The Hall–Kier alpha value is -3.42. The Labute approximate surface area is 130 Å². The van der Waals surface area contributed by atoms with Crippen LogP contribution in [0.2, 0.25) is 0 Å². The summed E-state index contributed by atoms with van der Waals surface area (Å²) in [6.45, 7) is 0.128. The van der Waals surface area contributed by atoms with Gasteiger partial charge in [-0.05, 0) is 11.6 Å². The lowest BCUT2D eigenvalue weighted by atomic mass is 10.2. The van der Waals surface area contributed by atoms with Gasteiger partial charge in [0.1, 0.15) is 12.4 Å². The molecular weight excluding hydrogens is 298 g/mol. The number of amides is 1. The van der Waals surface area contributed by atoms with E-state index in [1.54, 1.807) is 6.07 Å². The van der Waals surface area contributed by atoms with E-state index in [9.17, 15) is 9.59 Å². The summed E-state index contributed by atoms with van der Waals surface area (Å²) in [5.74, 6) is 0.423. The van der Waals surface area contributed by atoms with Gasteiger partial charge in [-0.25, -0.2) is 19.4 Å². The zero-order chi connectivity index (χ0) is 16.1. The Balaban J connectivity index is 1.71. The first-order valence-electron chi connectivity index (χ1n) is 6.79. The maximum atomic E-state index is 11.9. The average molecular weight is 311 g/mol. The number of ether oxygens (including phenoxy) is 1. The van der Waals surface area contributed by atoms with Crippen molar-refractivity contribution in [3.63, 3.8) is 0 Å². The Morgan fingerprint density at radius 1 is 1.17 bits per heavy atom. The molecule has 8 heteroatoms. The van der Waals surface area contributed by atoms with E-state index in [0.29, 0.717) is 0 Å². The van der Waals surface area contributed by atoms with Crippen LogP contribution >= 0.6 is 0 Å². The van der Waals surface area contributed by atoms with Crippen molar-refractivity contribution in [1.82, 2.24) is 19.7 Å². The number of aromatic nitrogens is 4. The molecule has 2 N–H and O–H groups in total. The van der Waals surface area contributed by atoms with E-state index < -0.39 is 11.7 Å². The largest absolute Gasteiger partial charge is 0.444 e. The fraction of sp³-hybridized carbons (Fsp3) is 0.0667. The Kier molecular flexibility index (Phi) is 4.14. The third-order valence-electron chi connectivity index (χ3n) is 2.93. The van der Waals surface area contributed by atoms with E-state index in [1.165, 1.54) is 23.1 Å². The minimum absolute atomic E-state index is 0.128. The van der Waals surface area contributed by atoms with Crippen LogP contribution in [-0.2, 0) is 11.3 Å². The summed E-state index contributed by atoms with van der Waals surface area (Å²) in [4.78, 5) is 31.4. The second-order valence-corrected chi connectivity index (χ2v) is 4.58. The molecule has 116 valence electrons. The summed E-state index contributed by atoms with van der Waals surface area (Å²) in [6, 6.07) is 12.1. The fourth-order valence-corrected chi connectivity index (χ4v) is 1.91. The Morgan fingerprint density at radius 2 is 1.91 bits per heavy atom. The van der Waals surface area contributed by atoms with Crippen LogP contribution in [0.1, 0.15) is 5.56 Å². The minimum atomic E-state index is -0.683. The highest BCUT2D eigenvalue weighted by Gasteiger charge is 2.12. The van der Waals surface area contributed by atoms with Crippen LogP contribution in [0, 0.1) is 0 Å². The average Bonchev–Trinajstić information content (AvgIpc) is 2.95. The van der Waals surface area contributed by atoms with Crippen LogP contribution < -0.4 is 10.9 Å². The predicted octanol–water partition coefficient (Wildman–Crippen LogP) is 1.70. The molecule has 0 bridgehead atoms. The van der Waals surface area contributed by atoms with Crippen molar-refractivity contribution in [2.24, 2.45) is 0 Å². The van der Waals surface area contributed by atoms with Gasteiger partial charge in [0.15, 0.2) is 0 Å². The van der Waals surface area contributed by atoms with Gasteiger partial charge in [0.25, 0.3) is 11.5 Å². The van der Waals surface area contributed by atoms with E-state index in [0.717, 1.165) is 5.56 Å². The third kappa shape index (κ3) is 3.62. The van der Waals surface area contributed by atoms with Crippen LogP contribution in [-0.4, -0.2) is 25.8 Å². The number of hydrogen-bond donors (Lipinski definition) is 2. The lowest BCUT2D eigenvalue weighted by Gasteiger charge is -2.08. The molecule has 0 aliphatic carbocycles. The van der Waals surface area contributed by atoms with Gasteiger partial charge in [-0.3, -0.25) is 15.2 Å². The van der Waals surface area contributed by atoms with Gasteiger partial charge in [0.2, 0.25) is 0 Å². The number of nitrogens with one attached hydrogen (secondary N) is 2. The van der Waals surface area contributed by atoms with E-state index in [-0.39, 0.29) is 18.4 Å². The van der Waals surface area contributed by atoms with Gasteiger partial charge in [0.05, 0.1) is 0 Å². The van der Waals surface area contributed by atoms with Gasteiger partial charge in [0, 0.05) is 18.5 Å². The van der Waals surface area contributed by atoms with E-state index in [2.05, 4.69) is 20.4 Å². The smallest absolute Gasteiger partial charge is 0.413 e. The maximum Gasteiger partial charge on any atom is 0.413 e. The van der Waals surface area contributed by atoms with Gasteiger partial charge >= 0.3 is 6.09 Å². The molecular formula is C15H13N5O3. The number of carbonyl (C=O) groups is 1. The molecule has 1 aromatic carbocycles. The first kappa shape index (κ1) is 14.5. The number of hydrogen-bond acceptors (Lipinski definition) is 5. The molecule has 0 aliphatic heterocycles. The first-order chi connectivity index (χ1) is 11.2. The second-order valence-electron chi connectivity index (χ2n) is 4.58. The molecule has 0 saturated heterocycles. The molecule has 2 aromatic heterocycles. The molecule has 3 rings (SSSR count). The Bertz CT molecular complexity index is 842. The van der Waals surface area contributed by atoms with Crippen LogP contribution in [0.5, 0.6) is 0 Å². The highest BCUT2D eigenvalue weighted by atomic mass is 16.5. The molecule has 0 spiro atoms. The number of rotatable bonds is 4. The standard InChI is InChI=1S/C15H13N5O3/c21-13-9-12(20(19-13)14-16-7-4-8-17-14)18-15(22)23-10-11-5-2-1-3-6-11/h1-9H,10H2,(H,18,22)(H,19,21). The SMILES string of the molecule is O=C(Nc1cc(=O)[nH]n1-c1ncccn1)OCc1ccccc1. The number of aromatic amines is 1. The summed E-state index contributed by atoms with van der Waals surface area (Å²) in [7, 11) is 0. The zero-order valence-corrected chi connectivity index (χ0v) is 12.0. The number of benzene rings is 1. The molecule has 2 heterocycles. The molecule has 0 unspecified atom stereocenters. The van der Waals surface area contributed by atoms with Crippen molar-refractivity contribution in [3.8, 4) is 5.95 Å². The number of carbonyl (C=O) groups excluding carboxylic acids is 1. The van der Waals surface area contributed by atoms with E-state index in [4.69, 9.17) is 4.74 Å². The highest BCUT2D eigenvalue weighted by Crippen LogP contribution is 2.09. The third-order valence-corrected chi connectivity index (χ3v) is 2.93. The van der Waals surface area contributed by atoms with Crippen LogP contribution in [0.3, 0.4) is 0 Å². The van der Waals surface area contributed by atoms with Crippen molar-refractivity contribution in [2.45, 2.75) is 6.61 Å². The summed E-state index contributed by atoms with van der Waals surface area (Å²) in [5.41, 5.74) is 0.469. The number of H-pyrrole nitrogens is 1. The minimum Gasteiger partial charge on any atom is -0.444 e. The molecule has 0 radical (unpaired) electrons. The molecule has 1 amide bonds. The van der Waals surface area contributed by atoms with Crippen molar-refractivity contribution in [2.75, 3.05) is 5.32 Å². The second kappa shape index (κ2) is 6.56. The normalized spacial score (nSPS) is 10.3. The lowest BCUT2D eigenvalue weighted by Crippen LogP contribution is -2.17. The Morgan fingerprint density at radius 3 is 2.65 bits per heavy atom. The molecule has 3 aromatic rings. The van der Waals surface area contributed by atoms with Crippen LogP contribution in [0.25, 0.3) is 5.95 Å². The topological polar surface area (TPSA) is 102 Å². The summed E-state index contributed by atoms with van der Waals surface area (Å²) >= 11 is 0. The van der Waals surface area contributed by atoms with Crippen molar-refractivity contribution >= 4 is 11.9 Å². The highest BCUT2D eigenvalue weighted by molar-refractivity contribution is 5.83. The monoisotopic (exact) mass is 311 g/mol. The molecule has 0 aliphatic rings. The quantitative estimate of drug-likeness (QED) is 0.763. The molecule has 0 fully saturated rings. The van der Waals surface area contributed by atoms with Crippen molar-refractivity contribution in [3.05, 3.63) is 70.8 Å². The van der Waals surface area contributed by atoms with Gasteiger partial charge < -0.3 is 4.74 Å². The summed E-state index contributed by atoms with van der Waals surface area (Å²) in [5, 5.41) is 5.00. The lowest BCUT2D eigenvalue weighted by molar-refractivity contribution is 0.155. The summed E-state index contributed by atoms with van der Waals surface area (Å²) in [6.07, 6.45) is 2.37. The van der Waals surface area contributed by atoms with Gasteiger partial charge in [-0.15, -0.1) is 0 Å².